The molecule has 0 fully saturated rings. The van der Waals surface area contributed by atoms with Crippen LogP contribution in [0, 0.1) is 0 Å². The lowest BCUT2D eigenvalue weighted by atomic mass is 9.67. The molecule has 0 bridgehead atoms. The molecule has 3 aliphatic rings. The van der Waals surface area contributed by atoms with Crippen molar-refractivity contribution in [1.29, 1.82) is 0 Å². The SMILES string of the molecule is COc1cc(Br)cc([C@H]2C3=CCn4c(=O)n(C)c(=O)n4[C@@H]3CC3=C2C(=O)C=C(C)C3=O)c1O. The molecule has 2 atom stereocenters. The Morgan fingerprint density at radius 1 is 1.15 bits per heavy atom. The molecule has 0 saturated heterocycles. The van der Waals surface area contributed by atoms with Gasteiger partial charge in [0, 0.05) is 46.1 Å². The van der Waals surface area contributed by atoms with Crippen LogP contribution in [0.2, 0.25) is 0 Å². The number of carbonyl (C=O) groups excluding carboxylic acids is 2. The van der Waals surface area contributed by atoms with E-state index in [1.807, 2.05) is 0 Å². The molecule has 1 N–H and O–H groups in total. The second-order valence-corrected chi connectivity index (χ2v) is 9.28. The number of Topliss-reactive ketones (excluding diaryl/α,β-unsaturated/α-hetero) is 1. The highest BCUT2D eigenvalue weighted by Gasteiger charge is 2.45. The molecular weight excluding hydrogens is 494 g/mol. The number of fused-ring (bicyclic) bond motifs is 3. The van der Waals surface area contributed by atoms with E-state index in [2.05, 4.69) is 15.9 Å². The summed E-state index contributed by atoms with van der Waals surface area (Å²) >= 11 is 3.42. The number of ether oxygens (including phenoxy) is 1. The summed E-state index contributed by atoms with van der Waals surface area (Å²) in [6, 6.07) is 2.62. The van der Waals surface area contributed by atoms with Crippen molar-refractivity contribution >= 4 is 27.5 Å². The highest BCUT2D eigenvalue weighted by molar-refractivity contribution is 9.10. The number of phenolic OH excluding ortho intramolecular Hbond substituents is 1. The van der Waals surface area contributed by atoms with E-state index in [1.54, 1.807) is 25.1 Å². The molecule has 0 amide bonds. The van der Waals surface area contributed by atoms with E-state index < -0.39 is 23.3 Å². The number of hydrogen-bond acceptors (Lipinski definition) is 6. The van der Waals surface area contributed by atoms with Crippen LogP contribution in [-0.4, -0.2) is 37.7 Å². The number of aromatic hydroxyl groups is 1. The van der Waals surface area contributed by atoms with Gasteiger partial charge in [-0.15, -0.1) is 0 Å². The van der Waals surface area contributed by atoms with Gasteiger partial charge in [0.1, 0.15) is 0 Å². The van der Waals surface area contributed by atoms with E-state index in [1.165, 1.54) is 29.6 Å². The van der Waals surface area contributed by atoms with Crippen molar-refractivity contribution in [3.8, 4) is 11.5 Å². The van der Waals surface area contributed by atoms with Gasteiger partial charge in [0.25, 0.3) is 0 Å². The second kappa shape index (κ2) is 7.31. The van der Waals surface area contributed by atoms with E-state index in [0.29, 0.717) is 26.8 Å². The highest BCUT2D eigenvalue weighted by atomic mass is 79.9. The van der Waals surface area contributed by atoms with E-state index in [0.717, 1.165) is 4.57 Å². The number of ketones is 2. The van der Waals surface area contributed by atoms with Crippen LogP contribution in [-0.2, 0) is 23.2 Å². The molecular formula is C23H20BrN3O6. The number of phenols is 1. The summed E-state index contributed by atoms with van der Waals surface area (Å²) < 4.78 is 9.63. The van der Waals surface area contributed by atoms with Crippen LogP contribution in [0.4, 0.5) is 0 Å². The minimum Gasteiger partial charge on any atom is -0.504 e. The van der Waals surface area contributed by atoms with Crippen LogP contribution in [0.3, 0.4) is 0 Å². The summed E-state index contributed by atoms with van der Waals surface area (Å²) in [5.74, 6) is -1.34. The average molecular weight is 514 g/mol. The topological polar surface area (TPSA) is 113 Å². The number of aromatic nitrogens is 3. The van der Waals surface area contributed by atoms with Crippen LogP contribution < -0.4 is 16.1 Å². The number of hydrogen-bond donors (Lipinski definition) is 1. The van der Waals surface area contributed by atoms with Gasteiger partial charge in [-0.1, -0.05) is 22.0 Å². The van der Waals surface area contributed by atoms with Crippen molar-refractivity contribution in [2.24, 2.45) is 7.05 Å². The van der Waals surface area contributed by atoms with E-state index in [-0.39, 0.29) is 41.6 Å². The molecule has 0 saturated carbocycles. The first-order valence-corrected chi connectivity index (χ1v) is 11.1. The molecule has 0 unspecified atom stereocenters. The third-order valence-corrected chi connectivity index (χ3v) is 7.08. The van der Waals surface area contributed by atoms with Crippen LogP contribution >= 0.6 is 15.9 Å². The predicted octanol–water partition coefficient (Wildman–Crippen LogP) is 1.89. The summed E-state index contributed by atoms with van der Waals surface area (Å²) in [7, 11) is 2.82. The van der Waals surface area contributed by atoms with Crippen molar-refractivity contribution in [2.75, 3.05) is 7.11 Å². The van der Waals surface area contributed by atoms with Gasteiger partial charge in [-0.2, -0.15) is 0 Å². The monoisotopic (exact) mass is 513 g/mol. The normalized spacial score (nSPS) is 21.8. The molecule has 5 rings (SSSR count). The van der Waals surface area contributed by atoms with Crippen LogP contribution in [0.5, 0.6) is 11.5 Å². The Morgan fingerprint density at radius 2 is 1.88 bits per heavy atom. The van der Waals surface area contributed by atoms with Crippen molar-refractivity contribution in [3.05, 3.63) is 77.6 Å². The molecule has 2 aliphatic carbocycles. The van der Waals surface area contributed by atoms with Crippen molar-refractivity contribution in [2.45, 2.75) is 31.8 Å². The Kier molecular flexibility index (Phi) is 4.75. The lowest BCUT2D eigenvalue weighted by molar-refractivity contribution is -0.116. The van der Waals surface area contributed by atoms with Gasteiger partial charge < -0.3 is 9.84 Å². The molecule has 9 nitrogen and oxygen atoms in total. The summed E-state index contributed by atoms with van der Waals surface area (Å²) in [4.78, 5) is 51.9. The van der Waals surface area contributed by atoms with Gasteiger partial charge in [-0.25, -0.2) is 23.5 Å². The molecule has 0 radical (unpaired) electrons. The average Bonchev–Trinajstić information content (AvgIpc) is 3.01. The fourth-order valence-electron chi connectivity index (χ4n) is 5.09. The Morgan fingerprint density at radius 3 is 2.58 bits per heavy atom. The molecule has 1 aliphatic heterocycles. The van der Waals surface area contributed by atoms with Crippen molar-refractivity contribution in [1.82, 2.24) is 13.9 Å². The molecule has 0 spiro atoms. The first kappa shape index (κ1) is 21.4. The minimum atomic E-state index is -0.790. The van der Waals surface area contributed by atoms with E-state index >= 15 is 0 Å². The third-order valence-electron chi connectivity index (χ3n) is 6.62. The zero-order valence-electron chi connectivity index (χ0n) is 18.1. The minimum absolute atomic E-state index is 0.0999. The van der Waals surface area contributed by atoms with Crippen LogP contribution in [0.25, 0.3) is 0 Å². The zero-order valence-corrected chi connectivity index (χ0v) is 19.7. The maximum absolute atomic E-state index is 13.2. The predicted molar refractivity (Wildman–Crippen MR) is 122 cm³/mol. The first-order chi connectivity index (χ1) is 15.6. The first-order valence-electron chi connectivity index (χ1n) is 10.3. The Bertz CT molecular complexity index is 1480. The lowest BCUT2D eigenvalue weighted by Gasteiger charge is -2.39. The van der Waals surface area contributed by atoms with Gasteiger partial charge >= 0.3 is 11.4 Å². The maximum Gasteiger partial charge on any atom is 0.347 e. The summed E-state index contributed by atoms with van der Waals surface area (Å²) in [6.45, 7) is 1.71. The number of nitrogens with zero attached hydrogens (tertiary/aromatic N) is 3. The van der Waals surface area contributed by atoms with Crippen LogP contribution in [0.1, 0.15) is 30.9 Å². The Balaban J connectivity index is 1.83. The van der Waals surface area contributed by atoms with Gasteiger partial charge in [-0.3, -0.25) is 9.59 Å². The lowest BCUT2D eigenvalue weighted by Crippen LogP contribution is -2.40. The molecule has 1 aromatic carbocycles. The molecule has 10 heteroatoms. The van der Waals surface area contributed by atoms with Crippen molar-refractivity contribution in [3.63, 3.8) is 0 Å². The maximum atomic E-state index is 13.2. The fourth-order valence-corrected chi connectivity index (χ4v) is 5.54. The number of methoxy groups -OCH3 is 1. The van der Waals surface area contributed by atoms with Gasteiger partial charge in [0.05, 0.1) is 19.7 Å². The fraction of sp³-hybridized carbons (Fsp3) is 0.304. The van der Waals surface area contributed by atoms with Gasteiger partial charge in [0.15, 0.2) is 23.1 Å². The van der Waals surface area contributed by atoms with Crippen LogP contribution in [0.15, 0.2) is 60.6 Å². The quantitative estimate of drug-likeness (QED) is 0.484. The molecule has 2 heterocycles. The summed E-state index contributed by atoms with van der Waals surface area (Å²) in [5, 5.41) is 11.0. The number of rotatable bonds is 2. The standard InChI is InChI=1S/C23H20BrN3O6/c1-10-6-16(28)19-14(20(10)29)9-15-12(4-5-26-22(31)25(2)23(32)27(15)26)18(19)13-7-11(24)8-17(33-3)21(13)30/h4,6-8,15,18,30H,5,9H2,1-3H3/t15-,18-/m1/s1. The molecule has 1 aromatic heterocycles. The summed E-state index contributed by atoms with van der Waals surface area (Å²) in [5.41, 5.74) is 0.974. The second-order valence-electron chi connectivity index (χ2n) is 8.37. The van der Waals surface area contributed by atoms with Crippen molar-refractivity contribution < 1.29 is 19.4 Å². The highest BCUT2D eigenvalue weighted by Crippen LogP contribution is 2.52. The number of carbonyl (C=O) groups is 2. The number of halogens is 1. The van der Waals surface area contributed by atoms with Gasteiger partial charge in [-0.05, 0) is 30.7 Å². The Labute approximate surface area is 196 Å². The van der Waals surface area contributed by atoms with Gasteiger partial charge in [0.2, 0.25) is 0 Å². The molecule has 33 heavy (non-hydrogen) atoms. The Hall–Kier alpha value is -3.40. The smallest absolute Gasteiger partial charge is 0.347 e. The zero-order chi connectivity index (χ0) is 23.8. The largest absolute Gasteiger partial charge is 0.504 e. The molecule has 170 valence electrons. The third kappa shape index (κ3) is 2.90. The van der Waals surface area contributed by atoms with E-state index in [4.69, 9.17) is 4.74 Å². The van der Waals surface area contributed by atoms with E-state index in [9.17, 15) is 24.3 Å². The molecule has 2 aromatic rings. The number of allylic oxidation sites excluding steroid dienone is 6. The summed E-state index contributed by atoms with van der Waals surface area (Å²) in [6.07, 6.45) is 3.22. The number of benzene rings is 1.